The molecule has 25 heavy (non-hydrogen) atoms. The van der Waals surface area contributed by atoms with E-state index < -0.39 is 0 Å². The molecule has 1 aromatic rings. The zero-order valence-corrected chi connectivity index (χ0v) is 17.5. The highest BCUT2D eigenvalue weighted by atomic mass is 127. The van der Waals surface area contributed by atoms with E-state index in [0.29, 0.717) is 18.9 Å². The molecule has 0 aromatic heterocycles. The summed E-state index contributed by atoms with van der Waals surface area (Å²) in [4.78, 5) is 6.66. The van der Waals surface area contributed by atoms with Crippen molar-refractivity contribution in [3.05, 3.63) is 35.6 Å². The van der Waals surface area contributed by atoms with E-state index in [4.69, 9.17) is 4.74 Å². The first kappa shape index (κ1) is 22.1. The lowest BCUT2D eigenvalue weighted by atomic mass is 10.1. The van der Waals surface area contributed by atoms with Crippen molar-refractivity contribution in [3.63, 3.8) is 0 Å². The minimum absolute atomic E-state index is 0. The van der Waals surface area contributed by atoms with E-state index in [2.05, 4.69) is 27.4 Å². The number of hydrogen-bond donors (Lipinski definition) is 2. The molecule has 0 bridgehead atoms. The predicted molar refractivity (Wildman–Crippen MR) is 111 cm³/mol. The molecule has 2 rings (SSSR count). The summed E-state index contributed by atoms with van der Waals surface area (Å²) in [5, 5.41) is 6.59. The van der Waals surface area contributed by atoms with Crippen LogP contribution < -0.4 is 10.6 Å². The summed E-state index contributed by atoms with van der Waals surface area (Å²) in [6.45, 7) is 8.49. The van der Waals surface area contributed by atoms with Crippen molar-refractivity contribution in [2.24, 2.45) is 10.9 Å². The summed E-state index contributed by atoms with van der Waals surface area (Å²) in [6.07, 6.45) is 0.636. The normalized spacial score (nSPS) is 16.8. The van der Waals surface area contributed by atoms with Crippen LogP contribution in [0.5, 0.6) is 0 Å². The molecular formula is C18H30FIN4O. The molecule has 0 saturated carbocycles. The standard InChI is InChI=1S/C18H29FN4O.HI/c1-15(14-23-9-11-24-12-10-23)13-22-18(20-2)21-8-7-16-5-3-4-6-17(16)19;/h3-6,15H,7-14H2,1-2H3,(H2,20,21,22);1H. The Morgan fingerprint density at radius 2 is 2.00 bits per heavy atom. The highest BCUT2D eigenvalue weighted by Gasteiger charge is 2.13. The fraction of sp³-hybridized carbons (Fsp3) is 0.611. The maximum atomic E-state index is 13.6. The zero-order valence-electron chi connectivity index (χ0n) is 15.1. The Morgan fingerprint density at radius 3 is 2.68 bits per heavy atom. The Kier molecular flexibility index (Phi) is 11.0. The highest BCUT2D eigenvalue weighted by Crippen LogP contribution is 2.06. The van der Waals surface area contributed by atoms with Crippen LogP contribution >= 0.6 is 24.0 Å². The number of ether oxygens (including phenoxy) is 1. The molecule has 0 amide bonds. The third kappa shape index (κ3) is 8.33. The number of guanidine groups is 1. The molecule has 1 aromatic carbocycles. The van der Waals surface area contributed by atoms with Gasteiger partial charge in [0.2, 0.25) is 0 Å². The van der Waals surface area contributed by atoms with Crippen LogP contribution in [0.4, 0.5) is 4.39 Å². The number of nitrogens with zero attached hydrogens (tertiary/aromatic N) is 2. The number of halogens is 2. The second-order valence-electron chi connectivity index (χ2n) is 6.24. The van der Waals surface area contributed by atoms with E-state index in [1.54, 1.807) is 13.1 Å². The second kappa shape index (κ2) is 12.4. The maximum absolute atomic E-state index is 13.6. The minimum Gasteiger partial charge on any atom is -0.379 e. The fourth-order valence-electron chi connectivity index (χ4n) is 2.80. The van der Waals surface area contributed by atoms with Crippen LogP contribution in [0.15, 0.2) is 29.3 Å². The monoisotopic (exact) mass is 464 g/mol. The van der Waals surface area contributed by atoms with E-state index in [1.165, 1.54) is 6.07 Å². The SMILES string of the molecule is CN=C(NCCc1ccccc1F)NCC(C)CN1CCOCC1.I. The lowest BCUT2D eigenvalue weighted by Crippen LogP contribution is -2.44. The van der Waals surface area contributed by atoms with Crippen molar-refractivity contribution >= 4 is 29.9 Å². The van der Waals surface area contributed by atoms with Crippen LogP contribution in [0.3, 0.4) is 0 Å². The van der Waals surface area contributed by atoms with Crippen molar-refractivity contribution in [1.29, 1.82) is 0 Å². The average Bonchev–Trinajstić information content (AvgIpc) is 2.60. The molecular weight excluding hydrogens is 434 g/mol. The van der Waals surface area contributed by atoms with Gasteiger partial charge in [-0.15, -0.1) is 24.0 Å². The van der Waals surface area contributed by atoms with Gasteiger partial charge < -0.3 is 15.4 Å². The van der Waals surface area contributed by atoms with Gasteiger partial charge in [0.15, 0.2) is 5.96 Å². The quantitative estimate of drug-likeness (QED) is 0.369. The van der Waals surface area contributed by atoms with Gasteiger partial charge in [-0.05, 0) is 24.0 Å². The molecule has 1 fully saturated rings. The smallest absolute Gasteiger partial charge is 0.190 e. The van der Waals surface area contributed by atoms with E-state index in [-0.39, 0.29) is 29.8 Å². The Hall–Kier alpha value is -0.930. The molecule has 0 radical (unpaired) electrons. The second-order valence-corrected chi connectivity index (χ2v) is 6.24. The number of hydrogen-bond acceptors (Lipinski definition) is 3. The molecule has 0 spiro atoms. The summed E-state index contributed by atoms with van der Waals surface area (Å²) in [6, 6.07) is 6.88. The van der Waals surface area contributed by atoms with E-state index in [1.807, 2.05) is 12.1 Å². The number of aliphatic imine (C=N–C) groups is 1. The van der Waals surface area contributed by atoms with Crippen molar-refractivity contribution < 1.29 is 9.13 Å². The maximum Gasteiger partial charge on any atom is 0.190 e. The largest absolute Gasteiger partial charge is 0.379 e. The summed E-state index contributed by atoms with van der Waals surface area (Å²) >= 11 is 0. The number of nitrogens with one attached hydrogen (secondary N) is 2. The van der Waals surface area contributed by atoms with Crippen LogP contribution in [0, 0.1) is 11.7 Å². The third-order valence-electron chi connectivity index (χ3n) is 4.16. The lowest BCUT2D eigenvalue weighted by Gasteiger charge is -2.29. The van der Waals surface area contributed by atoms with Gasteiger partial charge in [0.1, 0.15) is 5.82 Å². The first-order valence-electron chi connectivity index (χ1n) is 8.67. The Labute approximate surface area is 167 Å². The zero-order chi connectivity index (χ0) is 17.2. The molecule has 1 heterocycles. The summed E-state index contributed by atoms with van der Waals surface area (Å²) < 4.78 is 19.0. The highest BCUT2D eigenvalue weighted by molar-refractivity contribution is 14.0. The topological polar surface area (TPSA) is 48.9 Å². The van der Waals surface area contributed by atoms with Gasteiger partial charge >= 0.3 is 0 Å². The van der Waals surface area contributed by atoms with Gasteiger partial charge in [-0.25, -0.2) is 4.39 Å². The minimum atomic E-state index is -0.152. The first-order valence-corrected chi connectivity index (χ1v) is 8.67. The van der Waals surface area contributed by atoms with Crippen LogP contribution in [-0.2, 0) is 11.2 Å². The van der Waals surface area contributed by atoms with Gasteiger partial charge in [0, 0.05) is 39.8 Å². The third-order valence-corrected chi connectivity index (χ3v) is 4.16. The number of rotatable bonds is 7. The summed E-state index contributed by atoms with van der Waals surface area (Å²) in [5.74, 6) is 1.13. The molecule has 5 nitrogen and oxygen atoms in total. The predicted octanol–water partition coefficient (Wildman–Crippen LogP) is 2.12. The van der Waals surface area contributed by atoms with Crippen molar-refractivity contribution in [3.8, 4) is 0 Å². The molecule has 142 valence electrons. The molecule has 2 N–H and O–H groups in total. The van der Waals surface area contributed by atoms with E-state index in [0.717, 1.165) is 50.9 Å². The van der Waals surface area contributed by atoms with Gasteiger partial charge in [0.05, 0.1) is 13.2 Å². The Morgan fingerprint density at radius 1 is 1.28 bits per heavy atom. The number of benzene rings is 1. The molecule has 1 saturated heterocycles. The summed E-state index contributed by atoms with van der Waals surface area (Å²) in [5.41, 5.74) is 0.723. The van der Waals surface area contributed by atoms with E-state index >= 15 is 0 Å². The average molecular weight is 464 g/mol. The van der Waals surface area contributed by atoms with E-state index in [9.17, 15) is 4.39 Å². The van der Waals surface area contributed by atoms with Gasteiger partial charge in [-0.1, -0.05) is 25.1 Å². The van der Waals surface area contributed by atoms with Crippen LogP contribution in [0.25, 0.3) is 0 Å². The Balaban J connectivity index is 0.00000312. The van der Waals surface area contributed by atoms with Crippen molar-refractivity contribution in [2.75, 3.05) is 53.0 Å². The molecule has 7 heteroatoms. The lowest BCUT2D eigenvalue weighted by molar-refractivity contribution is 0.0320. The van der Waals surface area contributed by atoms with Crippen LogP contribution in [-0.4, -0.2) is 63.8 Å². The van der Waals surface area contributed by atoms with Gasteiger partial charge in [-0.2, -0.15) is 0 Å². The van der Waals surface area contributed by atoms with Crippen LogP contribution in [0.2, 0.25) is 0 Å². The molecule has 1 atom stereocenters. The van der Waals surface area contributed by atoms with Crippen LogP contribution in [0.1, 0.15) is 12.5 Å². The fourth-order valence-corrected chi connectivity index (χ4v) is 2.80. The van der Waals surface area contributed by atoms with Gasteiger partial charge in [-0.3, -0.25) is 9.89 Å². The first-order chi connectivity index (χ1) is 11.7. The molecule has 1 aliphatic rings. The molecule has 0 aliphatic carbocycles. The van der Waals surface area contributed by atoms with Crippen molar-refractivity contribution in [1.82, 2.24) is 15.5 Å². The number of morpholine rings is 1. The molecule has 1 aliphatic heterocycles. The summed E-state index contributed by atoms with van der Waals surface area (Å²) in [7, 11) is 1.76. The molecule has 1 unspecified atom stereocenters. The van der Waals surface area contributed by atoms with Crippen molar-refractivity contribution in [2.45, 2.75) is 13.3 Å². The Bertz CT molecular complexity index is 524. The van der Waals surface area contributed by atoms with Gasteiger partial charge in [0.25, 0.3) is 0 Å².